The average molecular weight is 542 g/mol. The number of ether oxygens (including phenoxy) is 1. The third-order valence-corrected chi connectivity index (χ3v) is 7.00. The lowest BCUT2D eigenvalue weighted by atomic mass is 10.2. The summed E-state index contributed by atoms with van der Waals surface area (Å²) in [5.74, 6) is 0.323. The van der Waals surface area contributed by atoms with Crippen molar-refractivity contribution in [2.75, 3.05) is 33.8 Å². The van der Waals surface area contributed by atoms with Gasteiger partial charge in [-0.15, -0.1) is 16.4 Å². The first kappa shape index (κ1) is 26.6. The number of hydrogen-bond donors (Lipinski definition) is 1. The Labute approximate surface area is 223 Å². The number of benzene rings is 1. The molecule has 1 aromatic carbocycles. The molecule has 12 heteroatoms. The van der Waals surface area contributed by atoms with Crippen LogP contribution in [0, 0.1) is 0 Å². The maximum absolute atomic E-state index is 12.4. The van der Waals surface area contributed by atoms with Crippen molar-refractivity contribution in [1.29, 1.82) is 0 Å². The van der Waals surface area contributed by atoms with Crippen molar-refractivity contribution in [3.8, 4) is 17.1 Å². The van der Waals surface area contributed by atoms with Crippen LogP contribution in [-0.4, -0.2) is 69.3 Å². The quantitative estimate of drug-likeness (QED) is 0.291. The number of thiophene rings is 1. The van der Waals surface area contributed by atoms with Gasteiger partial charge in [0.1, 0.15) is 23.7 Å². The molecule has 0 spiro atoms. The lowest BCUT2D eigenvalue weighted by Gasteiger charge is -2.27. The number of hydrogen-bond acceptors (Lipinski definition) is 8. The maximum atomic E-state index is 12.4. The predicted octanol–water partition coefficient (Wildman–Crippen LogP) is 3.24. The summed E-state index contributed by atoms with van der Waals surface area (Å²) in [5, 5.41) is 15.4. The molecule has 4 rings (SSSR count). The molecule has 3 heterocycles. The van der Waals surface area contributed by atoms with E-state index in [-0.39, 0.29) is 18.0 Å². The van der Waals surface area contributed by atoms with E-state index in [1.54, 1.807) is 45.9 Å². The molecule has 0 radical (unpaired) electrons. The Bertz CT molecular complexity index is 1420. The van der Waals surface area contributed by atoms with Crippen LogP contribution in [0.4, 0.5) is 0 Å². The van der Waals surface area contributed by atoms with Crippen LogP contribution in [0.3, 0.4) is 0 Å². The van der Waals surface area contributed by atoms with Gasteiger partial charge in [0.15, 0.2) is 0 Å². The molecule has 37 heavy (non-hydrogen) atoms. The van der Waals surface area contributed by atoms with E-state index in [1.807, 2.05) is 32.3 Å². The zero-order chi connectivity index (χ0) is 26.4. The summed E-state index contributed by atoms with van der Waals surface area (Å²) in [5.41, 5.74) is 1.77. The Kier molecular flexibility index (Phi) is 8.72. The number of hydrazine groups is 1. The molecule has 10 nitrogen and oxygen atoms in total. The highest BCUT2D eigenvalue weighted by molar-refractivity contribution is 7.17. The number of nitrogens with zero attached hydrogens (tertiary/aromatic N) is 6. The number of pyridine rings is 1. The van der Waals surface area contributed by atoms with Gasteiger partial charge in [-0.25, -0.2) is 14.7 Å². The van der Waals surface area contributed by atoms with E-state index in [4.69, 9.17) is 16.3 Å². The van der Waals surface area contributed by atoms with Crippen molar-refractivity contribution in [2.45, 2.75) is 13.5 Å². The van der Waals surface area contributed by atoms with Crippen LogP contribution in [0.15, 0.2) is 65.7 Å². The number of nitrogens with one attached hydrogen (secondary N) is 1. The van der Waals surface area contributed by atoms with Gasteiger partial charge in [0.25, 0.3) is 11.5 Å². The van der Waals surface area contributed by atoms with Crippen LogP contribution in [0.2, 0.25) is 4.34 Å². The molecule has 0 saturated heterocycles. The molecule has 0 aliphatic heterocycles. The van der Waals surface area contributed by atoms with Gasteiger partial charge >= 0.3 is 0 Å². The summed E-state index contributed by atoms with van der Waals surface area (Å²) < 4.78 is 9.87. The van der Waals surface area contributed by atoms with Gasteiger partial charge in [-0.1, -0.05) is 29.8 Å². The first-order valence-electron chi connectivity index (χ1n) is 11.7. The van der Waals surface area contributed by atoms with Gasteiger partial charge in [0, 0.05) is 45.5 Å². The molecule has 4 aromatic rings. The van der Waals surface area contributed by atoms with Gasteiger partial charge in [-0.05, 0) is 30.3 Å². The highest BCUT2D eigenvalue weighted by atomic mass is 35.5. The average Bonchev–Trinajstić information content (AvgIpc) is 3.56. The first-order valence-corrected chi connectivity index (χ1v) is 12.9. The monoisotopic (exact) mass is 541 g/mol. The summed E-state index contributed by atoms with van der Waals surface area (Å²) in [7, 11) is 4.01. The van der Waals surface area contributed by atoms with E-state index < -0.39 is 0 Å². The van der Waals surface area contributed by atoms with Crippen LogP contribution in [0.5, 0.6) is 5.75 Å². The molecular formula is C25H28ClN7O3S. The normalized spacial score (nSPS) is 11.3. The van der Waals surface area contributed by atoms with Crippen molar-refractivity contribution in [2.24, 2.45) is 0 Å². The largest absolute Gasteiger partial charge is 0.490 e. The van der Waals surface area contributed by atoms with E-state index in [0.29, 0.717) is 45.2 Å². The Morgan fingerprint density at radius 1 is 1.16 bits per heavy atom. The molecule has 0 aliphatic carbocycles. The van der Waals surface area contributed by atoms with Gasteiger partial charge < -0.3 is 10.1 Å². The number of amides is 1. The summed E-state index contributed by atoms with van der Waals surface area (Å²) in [4.78, 5) is 25.2. The third-order valence-electron chi connectivity index (χ3n) is 5.77. The molecule has 194 valence electrons. The molecule has 0 atom stereocenters. The SMILES string of the molecule is CCN(C)N(C)CCOc1cc(-n2ccccc2=O)ccc1-n1cc(CNC(=O)c2ccc(Cl)s2)nn1. The van der Waals surface area contributed by atoms with Crippen LogP contribution in [-0.2, 0) is 6.54 Å². The number of likely N-dealkylation sites (N-methyl/N-ethyl adjacent to an activating group) is 1. The molecular weight excluding hydrogens is 514 g/mol. The number of carbonyl (C=O) groups excluding carboxylic acids is 1. The van der Waals surface area contributed by atoms with Gasteiger partial charge in [0.2, 0.25) is 0 Å². The second-order valence-corrected chi connectivity index (χ2v) is 9.92. The minimum atomic E-state index is -0.228. The predicted molar refractivity (Wildman–Crippen MR) is 144 cm³/mol. The smallest absolute Gasteiger partial charge is 0.261 e. The Morgan fingerprint density at radius 2 is 2.00 bits per heavy atom. The second kappa shape index (κ2) is 12.2. The summed E-state index contributed by atoms with van der Waals surface area (Å²) >= 11 is 7.13. The highest BCUT2D eigenvalue weighted by Crippen LogP contribution is 2.26. The lowest BCUT2D eigenvalue weighted by molar-refractivity contribution is 0.0212. The molecule has 1 N–H and O–H groups in total. The molecule has 0 aliphatic rings. The minimum Gasteiger partial charge on any atom is -0.490 e. The van der Waals surface area contributed by atoms with Gasteiger partial charge in [-0.3, -0.25) is 14.2 Å². The summed E-state index contributed by atoms with van der Waals surface area (Å²) in [6, 6.07) is 13.8. The van der Waals surface area contributed by atoms with E-state index in [2.05, 4.69) is 32.6 Å². The Morgan fingerprint density at radius 3 is 2.73 bits per heavy atom. The van der Waals surface area contributed by atoms with Crippen LogP contribution >= 0.6 is 22.9 Å². The van der Waals surface area contributed by atoms with E-state index in [1.165, 1.54) is 17.4 Å². The molecule has 1 amide bonds. The molecule has 0 unspecified atom stereocenters. The van der Waals surface area contributed by atoms with Crippen molar-refractivity contribution in [1.82, 2.24) is 34.9 Å². The fraction of sp³-hybridized carbons (Fsp3) is 0.280. The maximum Gasteiger partial charge on any atom is 0.261 e. The fourth-order valence-electron chi connectivity index (χ4n) is 3.49. The molecule has 0 fully saturated rings. The Hall–Kier alpha value is -3.51. The van der Waals surface area contributed by atoms with Crippen LogP contribution in [0.1, 0.15) is 22.3 Å². The van der Waals surface area contributed by atoms with Gasteiger partial charge in [-0.2, -0.15) is 0 Å². The van der Waals surface area contributed by atoms with Crippen molar-refractivity contribution < 1.29 is 9.53 Å². The van der Waals surface area contributed by atoms with E-state index in [0.717, 1.165) is 6.54 Å². The first-order chi connectivity index (χ1) is 17.9. The molecule has 3 aromatic heterocycles. The van der Waals surface area contributed by atoms with Crippen molar-refractivity contribution in [3.05, 3.63) is 86.2 Å². The van der Waals surface area contributed by atoms with E-state index in [9.17, 15) is 9.59 Å². The minimum absolute atomic E-state index is 0.142. The third kappa shape index (κ3) is 6.63. The van der Waals surface area contributed by atoms with Gasteiger partial charge in [0.05, 0.1) is 27.6 Å². The van der Waals surface area contributed by atoms with Crippen LogP contribution in [0.25, 0.3) is 11.4 Å². The highest BCUT2D eigenvalue weighted by Gasteiger charge is 2.14. The second-order valence-electron chi connectivity index (χ2n) is 8.21. The molecule has 0 bridgehead atoms. The summed E-state index contributed by atoms with van der Waals surface area (Å²) in [6.07, 6.45) is 3.44. The number of aromatic nitrogens is 4. The fourth-order valence-corrected chi connectivity index (χ4v) is 4.45. The number of carbonyl (C=O) groups is 1. The van der Waals surface area contributed by atoms with Crippen LogP contribution < -0.4 is 15.6 Å². The zero-order valence-electron chi connectivity index (χ0n) is 20.8. The zero-order valence-corrected chi connectivity index (χ0v) is 22.4. The molecule has 0 saturated carbocycles. The Balaban J connectivity index is 1.54. The standard InChI is InChI=1S/C25H28ClN7O3S/c1-4-30(2)31(3)13-14-36-21-15-19(32-12-6-5-7-24(32)34)8-9-20(21)33-17-18(28-29-33)16-27-25(35)22-10-11-23(26)37-22/h5-12,15,17H,4,13-14,16H2,1-3H3,(H,27,35). The van der Waals surface area contributed by atoms with E-state index >= 15 is 0 Å². The lowest BCUT2D eigenvalue weighted by Crippen LogP contribution is -2.38. The van der Waals surface area contributed by atoms with Crippen molar-refractivity contribution in [3.63, 3.8) is 0 Å². The summed E-state index contributed by atoms with van der Waals surface area (Å²) in [6.45, 7) is 4.25. The number of halogens is 1. The van der Waals surface area contributed by atoms with Crippen molar-refractivity contribution >= 4 is 28.8 Å². The topological polar surface area (TPSA) is 97.5 Å². The number of rotatable bonds is 11.